The molecule has 14 heavy (non-hydrogen) atoms. The van der Waals surface area contributed by atoms with Crippen LogP contribution in [0.15, 0.2) is 29.3 Å². The number of benzene rings is 1. The maximum atomic E-state index is 9.95. The molecule has 0 N–H and O–H groups in total. The Labute approximate surface area is 84.7 Å². The van der Waals surface area contributed by atoms with Gasteiger partial charge in [-0.15, -0.1) is 0 Å². The van der Waals surface area contributed by atoms with Gasteiger partial charge in [0.05, 0.1) is 6.54 Å². The van der Waals surface area contributed by atoms with Crippen LogP contribution < -0.4 is 0 Å². The number of rotatable bonds is 4. The summed E-state index contributed by atoms with van der Waals surface area (Å²) in [4.78, 5) is 13.5. The van der Waals surface area contributed by atoms with Crippen molar-refractivity contribution in [3.63, 3.8) is 0 Å². The van der Waals surface area contributed by atoms with Gasteiger partial charge >= 0.3 is 0 Å². The van der Waals surface area contributed by atoms with Gasteiger partial charge in [0.2, 0.25) is 6.08 Å². The molecule has 0 saturated heterocycles. The van der Waals surface area contributed by atoms with E-state index in [1.54, 1.807) is 6.08 Å². The fourth-order valence-corrected chi connectivity index (χ4v) is 1.45. The molecule has 74 valence electrons. The topological polar surface area (TPSA) is 29.4 Å². The van der Waals surface area contributed by atoms with Gasteiger partial charge < -0.3 is 0 Å². The van der Waals surface area contributed by atoms with Gasteiger partial charge in [0.1, 0.15) is 0 Å². The molecule has 0 spiro atoms. The maximum Gasteiger partial charge on any atom is 0.235 e. The highest BCUT2D eigenvalue weighted by Gasteiger charge is 1.98. The largest absolute Gasteiger partial charge is 0.235 e. The van der Waals surface area contributed by atoms with Crippen LogP contribution in [0.25, 0.3) is 0 Å². The lowest BCUT2D eigenvalue weighted by atomic mass is 10.0. The Morgan fingerprint density at radius 1 is 1.36 bits per heavy atom. The summed E-state index contributed by atoms with van der Waals surface area (Å²) in [5, 5.41) is 0. The van der Waals surface area contributed by atoms with Crippen molar-refractivity contribution in [1.82, 2.24) is 0 Å². The van der Waals surface area contributed by atoms with E-state index < -0.39 is 0 Å². The Kier molecular flexibility index (Phi) is 4.09. The molecule has 2 heteroatoms. The molecule has 0 aliphatic rings. The number of hydrogen-bond acceptors (Lipinski definition) is 2. The highest BCUT2D eigenvalue weighted by molar-refractivity contribution is 5.34. The van der Waals surface area contributed by atoms with E-state index in [0.29, 0.717) is 12.5 Å². The first-order valence-electron chi connectivity index (χ1n) is 4.84. The van der Waals surface area contributed by atoms with Gasteiger partial charge in [0.25, 0.3) is 0 Å². The van der Waals surface area contributed by atoms with Crippen LogP contribution in [0.1, 0.15) is 25.0 Å². The van der Waals surface area contributed by atoms with Crippen molar-refractivity contribution < 1.29 is 4.79 Å². The van der Waals surface area contributed by atoms with Crippen molar-refractivity contribution in [3.8, 4) is 0 Å². The van der Waals surface area contributed by atoms with Crippen LogP contribution in [-0.2, 0) is 17.8 Å². The van der Waals surface area contributed by atoms with Crippen LogP contribution in [0.4, 0.5) is 0 Å². The Morgan fingerprint density at radius 3 is 2.71 bits per heavy atom. The van der Waals surface area contributed by atoms with E-state index >= 15 is 0 Å². The number of hydrogen-bond donors (Lipinski definition) is 0. The third kappa shape index (κ3) is 3.55. The average Bonchev–Trinajstić information content (AvgIpc) is 2.14. The smallest absolute Gasteiger partial charge is 0.211 e. The van der Waals surface area contributed by atoms with Crippen LogP contribution in [0.3, 0.4) is 0 Å². The van der Waals surface area contributed by atoms with Gasteiger partial charge in [0, 0.05) is 0 Å². The van der Waals surface area contributed by atoms with Crippen LogP contribution in [-0.4, -0.2) is 6.08 Å². The second kappa shape index (κ2) is 5.36. The summed E-state index contributed by atoms with van der Waals surface area (Å²) < 4.78 is 0. The molecule has 0 unspecified atom stereocenters. The van der Waals surface area contributed by atoms with E-state index in [1.165, 1.54) is 5.56 Å². The molecule has 1 rings (SSSR count). The first-order valence-corrected chi connectivity index (χ1v) is 4.84. The van der Waals surface area contributed by atoms with Gasteiger partial charge in [0.15, 0.2) is 0 Å². The quantitative estimate of drug-likeness (QED) is 0.529. The molecule has 0 aliphatic carbocycles. The Balaban J connectivity index is 2.73. The molecule has 0 atom stereocenters. The fraction of sp³-hybridized carbons (Fsp3) is 0.417. The number of aliphatic imine (C=N–C) groups is 1. The normalized spacial score (nSPS) is 9.93. The van der Waals surface area contributed by atoms with Gasteiger partial charge in [-0.3, -0.25) is 0 Å². The summed E-state index contributed by atoms with van der Waals surface area (Å²) in [6.07, 6.45) is 2.62. The molecule has 0 aliphatic heterocycles. The lowest BCUT2D eigenvalue weighted by molar-refractivity contribution is 0.562. The van der Waals surface area contributed by atoms with Crippen LogP contribution in [0, 0.1) is 5.92 Å². The molecule has 2 nitrogen and oxygen atoms in total. The van der Waals surface area contributed by atoms with Gasteiger partial charge in [-0.1, -0.05) is 38.1 Å². The summed E-state index contributed by atoms with van der Waals surface area (Å²) in [6.45, 7) is 4.82. The summed E-state index contributed by atoms with van der Waals surface area (Å²) in [6, 6.07) is 8.19. The number of carbonyl (C=O) groups excluding carboxylic acids is 1. The summed E-state index contributed by atoms with van der Waals surface area (Å²) >= 11 is 0. The lowest BCUT2D eigenvalue weighted by Crippen LogP contribution is -1.94. The van der Waals surface area contributed by atoms with Crippen LogP contribution in [0.2, 0.25) is 0 Å². The van der Waals surface area contributed by atoms with Gasteiger partial charge in [-0.2, -0.15) is 0 Å². The number of nitrogens with zero attached hydrogens (tertiary/aromatic N) is 1. The van der Waals surface area contributed by atoms with E-state index in [1.807, 2.05) is 12.1 Å². The first kappa shape index (κ1) is 10.7. The minimum absolute atomic E-state index is 0.440. The Morgan fingerprint density at radius 2 is 2.07 bits per heavy atom. The zero-order valence-corrected chi connectivity index (χ0v) is 8.66. The summed E-state index contributed by atoms with van der Waals surface area (Å²) in [5.41, 5.74) is 2.38. The zero-order valence-electron chi connectivity index (χ0n) is 8.66. The highest BCUT2D eigenvalue weighted by Crippen LogP contribution is 2.11. The molecular weight excluding hydrogens is 174 g/mol. The van der Waals surface area contributed by atoms with Crippen molar-refractivity contribution in [1.29, 1.82) is 0 Å². The van der Waals surface area contributed by atoms with E-state index in [9.17, 15) is 4.79 Å². The molecule has 0 heterocycles. The molecule has 0 radical (unpaired) electrons. The van der Waals surface area contributed by atoms with Crippen molar-refractivity contribution in [2.24, 2.45) is 10.9 Å². The third-order valence-electron chi connectivity index (χ3n) is 1.96. The second-order valence-electron chi connectivity index (χ2n) is 3.83. The predicted octanol–water partition coefficient (Wildman–Crippen LogP) is 2.72. The Hall–Kier alpha value is -1.40. The zero-order chi connectivity index (χ0) is 10.4. The maximum absolute atomic E-state index is 9.95. The molecule has 0 saturated carbocycles. The molecule has 1 aromatic carbocycles. The van der Waals surface area contributed by atoms with Crippen molar-refractivity contribution in [2.75, 3.05) is 0 Å². The first-order chi connectivity index (χ1) is 6.72. The molecular formula is C12H15NO. The minimum Gasteiger partial charge on any atom is -0.211 e. The molecule has 0 bridgehead atoms. The molecule has 0 aromatic heterocycles. The molecule has 1 aromatic rings. The fourth-order valence-electron chi connectivity index (χ4n) is 1.45. The summed E-state index contributed by atoms with van der Waals surface area (Å²) in [7, 11) is 0. The molecule has 0 amide bonds. The monoisotopic (exact) mass is 189 g/mol. The van der Waals surface area contributed by atoms with Gasteiger partial charge in [-0.05, 0) is 23.5 Å². The van der Waals surface area contributed by atoms with Crippen LogP contribution in [0.5, 0.6) is 0 Å². The van der Waals surface area contributed by atoms with Gasteiger partial charge in [-0.25, -0.2) is 9.79 Å². The Bertz CT molecular complexity index is 338. The second-order valence-corrected chi connectivity index (χ2v) is 3.83. The average molecular weight is 189 g/mol. The highest BCUT2D eigenvalue weighted by atomic mass is 16.1. The van der Waals surface area contributed by atoms with Crippen molar-refractivity contribution in [3.05, 3.63) is 35.4 Å². The third-order valence-corrected chi connectivity index (χ3v) is 1.96. The van der Waals surface area contributed by atoms with Crippen molar-refractivity contribution in [2.45, 2.75) is 26.8 Å². The molecule has 0 fully saturated rings. The summed E-state index contributed by atoms with van der Waals surface area (Å²) in [5.74, 6) is 0.653. The van der Waals surface area contributed by atoms with E-state index in [0.717, 1.165) is 12.0 Å². The van der Waals surface area contributed by atoms with E-state index in [-0.39, 0.29) is 0 Å². The lowest BCUT2D eigenvalue weighted by Gasteiger charge is -2.05. The van der Waals surface area contributed by atoms with E-state index in [4.69, 9.17) is 0 Å². The SMILES string of the molecule is CC(C)Cc1cccc(CN=C=O)c1. The van der Waals surface area contributed by atoms with E-state index in [2.05, 4.69) is 31.0 Å². The number of isocyanates is 1. The minimum atomic E-state index is 0.440. The predicted molar refractivity (Wildman–Crippen MR) is 56.8 cm³/mol. The van der Waals surface area contributed by atoms with Crippen molar-refractivity contribution >= 4 is 6.08 Å². The standard InChI is InChI=1S/C12H15NO/c1-10(2)6-11-4-3-5-12(7-11)8-13-9-14/h3-5,7,10H,6,8H2,1-2H3. The van der Waals surface area contributed by atoms with Crippen LogP contribution >= 0.6 is 0 Å².